The SMILES string of the molecule is COCCN(CC(N)c1cc(C)cc(C)c1)C(C)C1CC1. The van der Waals surface area contributed by atoms with Crippen molar-refractivity contribution in [1.29, 1.82) is 0 Å². The Morgan fingerprint density at radius 1 is 1.24 bits per heavy atom. The molecule has 1 aromatic rings. The molecule has 0 radical (unpaired) electrons. The van der Waals surface area contributed by atoms with Gasteiger partial charge in [0, 0.05) is 32.3 Å². The van der Waals surface area contributed by atoms with E-state index in [9.17, 15) is 0 Å². The Morgan fingerprint density at radius 2 is 1.86 bits per heavy atom. The molecule has 2 unspecified atom stereocenters. The van der Waals surface area contributed by atoms with Crippen LogP contribution in [-0.2, 0) is 4.74 Å². The van der Waals surface area contributed by atoms with Gasteiger partial charge >= 0.3 is 0 Å². The maximum Gasteiger partial charge on any atom is 0.0589 e. The lowest BCUT2D eigenvalue weighted by atomic mass is 10.0. The Morgan fingerprint density at radius 3 is 2.38 bits per heavy atom. The molecule has 0 spiro atoms. The number of nitrogens with two attached hydrogens (primary N) is 1. The zero-order valence-corrected chi connectivity index (χ0v) is 13.9. The van der Waals surface area contributed by atoms with Gasteiger partial charge in [0.15, 0.2) is 0 Å². The molecule has 0 bridgehead atoms. The molecule has 2 N–H and O–H groups in total. The van der Waals surface area contributed by atoms with Gasteiger partial charge in [0.1, 0.15) is 0 Å². The number of hydrogen-bond acceptors (Lipinski definition) is 3. The lowest BCUT2D eigenvalue weighted by Gasteiger charge is -2.31. The van der Waals surface area contributed by atoms with Crippen LogP contribution in [0, 0.1) is 19.8 Å². The fourth-order valence-corrected chi connectivity index (χ4v) is 3.13. The second-order valence-electron chi connectivity index (χ2n) is 6.59. The lowest BCUT2D eigenvalue weighted by molar-refractivity contribution is 0.112. The van der Waals surface area contributed by atoms with E-state index < -0.39 is 0 Å². The van der Waals surface area contributed by atoms with Crippen LogP contribution in [0.5, 0.6) is 0 Å². The average molecular weight is 290 g/mol. The molecule has 0 amide bonds. The molecule has 3 heteroatoms. The second-order valence-corrected chi connectivity index (χ2v) is 6.59. The Labute approximate surface area is 129 Å². The van der Waals surface area contributed by atoms with Gasteiger partial charge in [-0.1, -0.05) is 29.3 Å². The first-order valence-corrected chi connectivity index (χ1v) is 8.08. The van der Waals surface area contributed by atoms with Gasteiger partial charge in [-0.15, -0.1) is 0 Å². The van der Waals surface area contributed by atoms with Crippen LogP contribution in [0.3, 0.4) is 0 Å². The van der Waals surface area contributed by atoms with Gasteiger partial charge in [0.2, 0.25) is 0 Å². The first-order valence-electron chi connectivity index (χ1n) is 8.08. The average Bonchev–Trinajstić information content (AvgIpc) is 3.25. The minimum atomic E-state index is 0.0710. The zero-order valence-electron chi connectivity index (χ0n) is 13.9. The van der Waals surface area contributed by atoms with E-state index in [4.69, 9.17) is 10.5 Å². The molecule has 0 aromatic heterocycles. The fraction of sp³-hybridized carbons (Fsp3) is 0.667. The van der Waals surface area contributed by atoms with Crippen LogP contribution in [0.15, 0.2) is 18.2 Å². The van der Waals surface area contributed by atoms with Crippen molar-refractivity contribution in [3.63, 3.8) is 0 Å². The third kappa shape index (κ3) is 4.80. The first kappa shape index (κ1) is 16.5. The molecule has 2 atom stereocenters. The van der Waals surface area contributed by atoms with Crippen molar-refractivity contribution >= 4 is 0 Å². The molecular formula is C18H30N2O. The molecule has 0 saturated heterocycles. The fourth-order valence-electron chi connectivity index (χ4n) is 3.13. The van der Waals surface area contributed by atoms with Gasteiger partial charge < -0.3 is 10.5 Å². The molecule has 21 heavy (non-hydrogen) atoms. The normalized spacial score (nSPS) is 18.0. The zero-order chi connectivity index (χ0) is 15.4. The predicted molar refractivity (Wildman–Crippen MR) is 88.5 cm³/mol. The molecule has 2 rings (SSSR count). The highest BCUT2D eigenvalue weighted by molar-refractivity contribution is 5.30. The maximum absolute atomic E-state index is 6.48. The van der Waals surface area contributed by atoms with Crippen molar-refractivity contribution in [1.82, 2.24) is 4.90 Å². The number of hydrogen-bond donors (Lipinski definition) is 1. The standard InChI is InChI=1S/C18H30N2O/c1-13-9-14(2)11-17(10-13)18(19)12-20(7-8-21-4)15(3)16-5-6-16/h9-11,15-16,18H,5-8,12,19H2,1-4H3. The molecule has 1 aliphatic carbocycles. The summed E-state index contributed by atoms with van der Waals surface area (Å²) >= 11 is 0. The highest BCUT2D eigenvalue weighted by atomic mass is 16.5. The minimum Gasteiger partial charge on any atom is -0.383 e. The van der Waals surface area contributed by atoms with Crippen LogP contribution in [-0.4, -0.2) is 37.7 Å². The largest absolute Gasteiger partial charge is 0.383 e. The summed E-state index contributed by atoms with van der Waals surface area (Å²) in [6.45, 7) is 9.26. The van der Waals surface area contributed by atoms with E-state index in [2.05, 4.69) is 43.9 Å². The van der Waals surface area contributed by atoms with Crippen molar-refractivity contribution in [2.45, 2.75) is 45.7 Å². The minimum absolute atomic E-state index is 0.0710. The third-order valence-corrected chi connectivity index (χ3v) is 4.57. The molecule has 0 aliphatic heterocycles. The van der Waals surface area contributed by atoms with Crippen LogP contribution in [0.2, 0.25) is 0 Å². The molecular weight excluding hydrogens is 260 g/mol. The van der Waals surface area contributed by atoms with Crippen LogP contribution in [0.4, 0.5) is 0 Å². The summed E-state index contributed by atoms with van der Waals surface area (Å²) in [5.74, 6) is 0.855. The highest BCUT2D eigenvalue weighted by Gasteiger charge is 2.32. The van der Waals surface area contributed by atoms with Crippen LogP contribution < -0.4 is 5.73 Å². The molecule has 1 saturated carbocycles. The number of ether oxygens (including phenoxy) is 1. The molecule has 3 nitrogen and oxygen atoms in total. The van der Waals surface area contributed by atoms with Crippen molar-refractivity contribution in [3.8, 4) is 0 Å². The summed E-state index contributed by atoms with van der Waals surface area (Å²) in [6.07, 6.45) is 2.73. The summed E-state index contributed by atoms with van der Waals surface area (Å²) in [7, 11) is 1.77. The van der Waals surface area contributed by atoms with Crippen molar-refractivity contribution in [2.24, 2.45) is 11.7 Å². The van der Waals surface area contributed by atoms with E-state index in [1.165, 1.54) is 29.5 Å². The Balaban J connectivity index is 2.03. The summed E-state index contributed by atoms with van der Waals surface area (Å²) in [4.78, 5) is 2.50. The quantitative estimate of drug-likeness (QED) is 0.800. The van der Waals surface area contributed by atoms with Gasteiger partial charge in [0.25, 0.3) is 0 Å². The van der Waals surface area contributed by atoms with Gasteiger partial charge in [-0.05, 0) is 45.1 Å². The van der Waals surface area contributed by atoms with Gasteiger partial charge in [-0.2, -0.15) is 0 Å². The van der Waals surface area contributed by atoms with Gasteiger partial charge in [0.05, 0.1) is 6.61 Å². The number of rotatable bonds is 8. The number of nitrogens with zero attached hydrogens (tertiary/aromatic N) is 1. The summed E-state index contributed by atoms with van der Waals surface area (Å²) in [6, 6.07) is 7.31. The van der Waals surface area contributed by atoms with Crippen LogP contribution in [0.25, 0.3) is 0 Å². The Hall–Kier alpha value is -0.900. The van der Waals surface area contributed by atoms with E-state index in [0.717, 1.165) is 25.6 Å². The second kappa shape index (κ2) is 7.39. The third-order valence-electron chi connectivity index (χ3n) is 4.57. The van der Waals surface area contributed by atoms with Crippen LogP contribution in [0.1, 0.15) is 42.5 Å². The van der Waals surface area contributed by atoms with E-state index in [1.54, 1.807) is 7.11 Å². The van der Waals surface area contributed by atoms with Crippen molar-refractivity contribution in [3.05, 3.63) is 34.9 Å². The lowest BCUT2D eigenvalue weighted by Crippen LogP contribution is -2.41. The molecule has 1 aromatic carbocycles. The van der Waals surface area contributed by atoms with E-state index >= 15 is 0 Å². The molecule has 1 aliphatic rings. The van der Waals surface area contributed by atoms with Crippen molar-refractivity contribution < 1.29 is 4.74 Å². The molecule has 118 valence electrons. The summed E-state index contributed by atoms with van der Waals surface area (Å²) < 4.78 is 5.27. The smallest absolute Gasteiger partial charge is 0.0589 e. The molecule has 1 fully saturated rings. The first-order chi connectivity index (χ1) is 10.0. The predicted octanol–water partition coefficient (Wildman–Crippen LogP) is 3.05. The maximum atomic E-state index is 6.48. The van der Waals surface area contributed by atoms with E-state index in [0.29, 0.717) is 6.04 Å². The highest BCUT2D eigenvalue weighted by Crippen LogP contribution is 2.35. The summed E-state index contributed by atoms with van der Waals surface area (Å²) in [5.41, 5.74) is 10.3. The van der Waals surface area contributed by atoms with E-state index in [-0.39, 0.29) is 6.04 Å². The van der Waals surface area contributed by atoms with Crippen molar-refractivity contribution in [2.75, 3.05) is 26.8 Å². The number of benzene rings is 1. The van der Waals surface area contributed by atoms with Gasteiger partial charge in [-0.25, -0.2) is 0 Å². The Kier molecular flexibility index (Phi) is 5.80. The van der Waals surface area contributed by atoms with Crippen LogP contribution >= 0.6 is 0 Å². The number of aryl methyl sites for hydroxylation is 2. The topological polar surface area (TPSA) is 38.5 Å². The Bertz CT molecular complexity index is 436. The number of methoxy groups -OCH3 is 1. The molecule has 0 heterocycles. The van der Waals surface area contributed by atoms with Gasteiger partial charge in [-0.3, -0.25) is 4.90 Å². The van der Waals surface area contributed by atoms with E-state index in [1.807, 2.05) is 0 Å². The monoisotopic (exact) mass is 290 g/mol. The summed E-state index contributed by atoms with van der Waals surface area (Å²) in [5, 5.41) is 0.